The van der Waals surface area contributed by atoms with Crippen LogP contribution in [0.4, 0.5) is 5.69 Å². The molecular weight excluding hydrogens is 330 g/mol. The normalized spacial score (nSPS) is 15.2. The first-order chi connectivity index (χ1) is 9.93. The van der Waals surface area contributed by atoms with Gasteiger partial charge in [0.15, 0.2) is 5.78 Å². The van der Waals surface area contributed by atoms with Crippen LogP contribution in [0, 0.1) is 5.92 Å². The summed E-state index contributed by atoms with van der Waals surface area (Å²) in [4.78, 5) is 26.2. The summed E-state index contributed by atoms with van der Waals surface area (Å²) in [5.74, 6) is 0.656. The Morgan fingerprint density at radius 3 is 2.67 bits per heavy atom. The van der Waals surface area contributed by atoms with Crippen molar-refractivity contribution in [2.75, 3.05) is 11.4 Å². The Kier molecular flexibility index (Phi) is 5.20. The zero-order valence-corrected chi connectivity index (χ0v) is 14.4. The molecule has 1 aromatic carbocycles. The molecule has 1 aliphatic heterocycles. The molecule has 0 fully saturated rings. The minimum absolute atomic E-state index is 0.118. The zero-order valence-electron chi connectivity index (χ0n) is 12.9. The number of fused-ring (bicyclic) bond motifs is 1. The van der Waals surface area contributed by atoms with Gasteiger partial charge in [-0.1, -0.05) is 36.7 Å². The van der Waals surface area contributed by atoms with Gasteiger partial charge in [-0.15, -0.1) is 0 Å². The lowest BCUT2D eigenvalue weighted by molar-refractivity contribution is -0.119. The largest absolute Gasteiger partial charge is 0.312 e. The van der Waals surface area contributed by atoms with Crippen LogP contribution in [-0.4, -0.2) is 23.1 Å². The van der Waals surface area contributed by atoms with E-state index >= 15 is 0 Å². The maximum Gasteiger partial charge on any atom is 0.227 e. The summed E-state index contributed by atoms with van der Waals surface area (Å²) < 4.78 is 0. The second kappa shape index (κ2) is 6.73. The maximum absolute atomic E-state index is 12.2. The van der Waals surface area contributed by atoms with Crippen LogP contribution in [0.25, 0.3) is 0 Å². The van der Waals surface area contributed by atoms with Crippen molar-refractivity contribution < 1.29 is 9.59 Å². The highest BCUT2D eigenvalue weighted by atomic mass is 79.9. The zero-order chi connectivity index (χ0) is 15.6. The fourth-order valence-electron chi connectivity index (χ4n) is 2.64. The van der Waals surface area contributed by atoms with Crippen LogP contribution in [0.1, 0.15) is 49.5 Å². The molecule has 1 unspecified atom stereocenters. The molecule has 0 aliphatic carbocycles. The van der Waals surface area contributed by atoms with Gasteiger partial charge in [0.1, 0.15) is 0 Å². The fourth-order valence-corrected chi connectivity index (χ4v) is 2.90. The number of hydrogen-bond donors (Lipinski definition) is 0. The molecule has 4 heteroatoms. The molecule has 0 spiro atoms. The number of amides is 1. The van der Waals surface area contributed by atoms with E-state index in [0.717, 1.165) is 36.2 Å². The van der Waals surface area contributed by atoms with Crippen molar-refractivity contribution >= 4 is 33.3 Å². The SMILES string of the molecule is CCC(Br)C(=O)c1ccc2c(c1)CCN2C(=O)CC(C)C. The highest BCUT2D eigenvalue weighted by Crippen LogP contribution is 2.30. The Hall–Kier alpha value is -1.16. The summed E-state index contributed by atoms with van der Waals surface area (Å²) in [6.07, 6.45) is 2.17. The number of benzene rings is 1. The molecular formula is C17H22BrNO2. The van der Waals surface area contributed by atoms with Gasteiger partial charge in [0.05, 0.1) is 4.83 Å². The van der Waals surface area contributed by atoms with Gasteiger partial charge < -0.3 is 4.90 Å². The summed E-state index contributed by atoms with van der Waals surface area (Å²) in [5, 5.41) is 0. The third-order valence-electron chi connectivity index (χ3n) is 3.79. The number of alkyl halides is 1. The van der Waals surface area contributed by atoms with Crippen LogP contribution in [0.2, 0.25) is 0 Å². The van der Waals surface area contributed by atoms with Crippen molar-refractivity contribution in [3.8, 4) is 0 Å². The van der Waals surface area contributed by atoms with E-state index in [1.54, 1.807) is 0 Å². The molecule has 1 aromatic rings. The summed E-state index contributed by atoms with van der Waals surface area (Å²) in [7, 11) is 0. The molecule has 0 saturated carbocycles. The summed E-state index contributed by atoms with van der Waals surface area (Å²) in [6, 6.07) is 5.71. The second-order valence-corrected chi connectivity index (χ2v) is 7.08. The maximum atomic E-state index is 12.2. The van der Waals surface area contributed by atoms with Crippen LogP contribution >= 0.6 is 15.9 Å². The van der Waals surface area contributed by atoms with Gasteiger partial charge in [-0.05, 0) is 42.5 Å². The molecule has 0 aromatic heterocycles. The molecule has 1 aliphatic rings. The number of carbonyl (C=O) groups is 2. The topological polar surface area (TPSA) is 37.4 Å². The van der Waals surface area contributed by atoms with Crippen molar-refractivity contribution in [1.29, 1.82) is 0 Å². The van der Waals surface area contributed by atoms with Crippen LogP contribution in [0.5, 0.6) is 0 Å². The minimum atomic E-state index is -0.129. The third-order valence-corrected chi connectivity index (χ3v) is 4.85. The van der Waals surface area contributed by atoms with E-state index in [1.165, 1.54) is 0 Å². The van der Waals surface area contributed by atoms with Crippen molar-refractivity contribution in [3.63, 3.8) is 0 Å². The average Bonchev–Trinajstić information content (AvgIpc) is 2.87. The number of halogens is 1. The lowest BCUT2D eigenvalue weighted by atomic mass is 10.0. The lowest BCUT2D eigenvalue weighted by Crippen LogP contribution is -2.29. The second-order valence-electron chi connectivity index (χ2n) is 5.98. The Morgan fingerprint density at radius 2 is 2.05 bits per heavy atom. The van der Waals surface area contributed by atoms with E-state index in [-0.39, 0.29) is 16.5 Å². The van der Waals surface area contributed by atoms with E-state index < -0.39 is 0 Å². The van der Waals surface area contributed by atoms with Crippen molar-refractivity contribution in [2.45, 2.75) is 44.9 Å². The molecule has 3 nitrogen and oxygen atoms in total. The first-order valence-corrected chi connectivity index (χ1v) is 8.47. The van der Waals surface area contributed by atoms with E-state index in [9.17, 15) is 9.59 Å². The fraction of sp³-hybridized carbons (Fsp3) is 0.529. The van der Waals surface area contributed by atoms with Crippen LogP contribution < -0.4 is 4.90 Å². The molecule has 114 valence electrons. The number of Topliss-reactive ketones (excluding diaryl/α,β-unsaturated/α-hetero) is 1. The number of carbonyl (C=O) groups excluding carboxylic acids is 2. The van der Waals surface area contributed by atoms with Gasteiger partial charge in [0.2, 0.25) is 5.91 Å². The van der Waals surface area contributed by atoms with E-state index in [1.807, 2.05) is 30.0 Å². The Balaban J connectivity index is 2.20. The van der Waals surface area contributed by atoms with E-state index in [0.29, 0.717) is 12.3 Å². The van der Waals surface area contributed by atoms with Crippen molar-refractivity contribution in [2.24, 2.45) is 5.92 Å². The lowest BCUT2D eigenvalue weighted by Gasteiger charge is -2.18. The first-order valence-electron chi connectivity index (χ1n) is 7.55. The summed E-state index contributed by atoms with van der Waals surface area (Å²) in [5.41, 5.74) is 2.81. The van der Waals surface area contributed by atoms with Crippen LogP contribution in [0.15, 0.2) is 18.2 Å². The highest BCUT2D eigenvalue weighted by molar-refractivity contribution is 9.10. The Labute approximate surface area is 134 Å². The molecule has 0 saturated heterocycles. The van der Waals surface area contributed by atoms with E-state index in [2.05, 4.69) is 29.8 Å². The van der Waals surface area contributed by atoms with Gasteiger partial charge in [0.25, 0.3) is 0 Å². The van der Waals surface area contributed by atoms with Crippen LogP contribution in [0.3, 0.4) is 0 Å². The predicted octanol–water partition coefficient (Wildman–Crippen LogP) is 3.98. The summed E-state index contributed by atoms with van der Waals surface area (Å²) in [6.45, 7) is 6.82. The number of nitrogens with zero attached hydrogens (tertiary/aromatic N) is 1. The average molecular weight is 352 g/mol. The molecule has 0 radical (unpaired) electrons. The molecule has 21 heavy (non-hydrogen) atoms. The number of hydrogen-bond acceptors (Lipinski definition) is 2. The third kappa shape index (κ3) is 3.54. The van der Waals surface area contributed by atoms with E-state index in [4.69, 9.17) is 0 Å². The summed E-state index contributed by atoms with van der Waals surface area (Å²) >= 11 is 3.41. The van der Waals surface area contributed by atoms with Crippen molar-refractivity contribution in [1.82, 2.24) is 0 Å². The Bertz CT molecular complexity index is 554. The van der Waals surface area contributed by atoms with Gasteiger partial charge in [-0.3, -0.25) is 9.59 Å². The number of anilines is 1. The van der Waals surface area contributed by atoms with Gasteiger partial charge in [-0.2, -0.15) is 0 Å². The quantitative estimate of drug-likeness (QED) is 0.594. The molecule has 1 atom stereocenters. The van der Waals surface area contributed by atoms with Gasteiger partial charge in [-0.25, -0.2) is 0 Å². The predicted molar refractivity (Wildman–Crippen MR) is 89.3 cm³/mol. The smallest absolute Gasteiger partial charge is 0.227 e. The molecule has 0 N–H and O–H groups in total. The Morgan fingerprint density at radius 1 is 1.33 bits per heavy atom. The number of rotatable bonds is 5. The first kappa shape index (κ1) is 16.2. The monoisotopic (exact) mass is 351 g/mol. The van der Waals surface area contributed by atoms with Gasteiger partial charge >= 0.3 is 0 Å². The molecule has 1 amide bonds. The molecule has 1 heterocycles. The van der Waals surface area contributed by atoms with Crippen LogP contribution in [-0.2, 0) is 11.2 Å². The standard InChI is InChI=1S/C17H22BrNO2/c1-4-14(18)17(21)13-5-6-15-12(10-13)7-8-19(15)16(20)9-11(2)3/h5-6,10-11,14H,4,7-9H2,1-3H3. The highest BCUT2D eigenvalue weighted by Gasteiger charge is 2.26. The number of ketones is 1. The minimum Gasteiger partial charge on any atom is -0.312 e. The molecule has 2 rings (SSSR count). The van der Waals surface area contributed by atoms with Gasteiger partial charge in [0, 0.05) is 24.2 Å². The molecule has 0 bridgehead atoms. The van der Waals surface area contributed by atoms with Crippen molar-refractivity contribution in [3.05, 3.63) is 29.3 Å².